The molecule has 0 spiro atoms. The summed E-state index contributed by atoms with van der Waals surface area (Å²) >= 11 is 1.63. The number of thioether (sulfide) groups is 1. The molecule has 3 aromatic rings. The van der Waals surface area contributed by atoms with Crippen molar-refractivity contribution in [3.05, 3.63) is 72.0 Å². The normalized spacial score (nSPS) is 11.0. The molecular weight excluding hydrogens is 459 g/mol. The van der Waals surface area contributed by atoms with Crippen LogP contribution in [0.4, 0.5) is 15.8 Å². The first kappa shape index (κ1) is 29.1. The lowest BCUT2D eigenvalue weighted by Crippen LogP contribution is -2.27. The lowest BCUT2D eigenvalue weighted by molar-refractivity contribution is 0.225. The van der Waals surface area contributed by atoms with Crippen LogP contribution in [0.1, 0.15) is 18.5 Å². The molecular formula is C25H33FN2O5S. The minimum atomic E-state index is -0.332. The average molecular weight is 493 g/mol. The molecule has 3 rings (SSSR count). The van der Waals surface area contributed by atoms with Gasteiger partial charge in [0.2, 0.25) is 0 Å². The third-order valence-corrected chi connectivity index (χ3v) is 5.84. The van der Waals surface area contributed by atoms with Crippen LogP contribution in [-0.4, -0.2) is 48.9 Å². The van der Waals surface area contributed by atoms with E-state index >= 15 is 0 Å². The Bertz CT molecular complexity index is 1050. The van der Waals surface area contributed by atoms with Gasteiger partial charge in [0.15, 0.2) is 11.5 Å². The van der Waals surface area contributed by atoms with Crippen LogP contribution in [0.15, 0.2) is 60.7 Å². The molecule has 7 nitrogen and oxygen atoms in total. The van der Waals surface area contributed by atoms with E-state index < -0.39 is 0 Å². The zero-order valence-electron chi connectivity index (χ0n) is 19.8. The van der Waals surface area contributed by atoms with Gasteiger partial charge in [0, 0.05) is 18.4 Å². The van der Waals surface area contributed by atoms with E-state index in [1.807, 2.05) is 43.5 Å². The van der Waals surface area contributed by atoms with Gasteiger partial charge in [0.25, 0.3) is 0 Å². The van der Waals surface area contributed by atoms with Crippen LogP contribution in [0.3, 0.4) is 0 Å². The van der Waals surface area contributed by atoms with Crippen LogP contribution < -0.4 is 19.9 Å². The molecule has 0 aliphatic carbocycles. The van der Waals surface area contributed by atoms with Crippen molar-refractivity contribution in [2.75, 3.05) is 43.2 Å². The highest BCUT2D eigenvalue weighted by atomic mass is 32.2. The Hall–Kier alpha value is -2.98. The summed E-state index contributed by atoms with van der Waals surface area (Å²) in [6, 6.07) is 17.4. The number of halogens is 1. The van der Waals surface area contributed by atoms with E-state index in [-0.39, 0.29) is 22.8 Å². The van der Waals surface area contributed by atoms with Crippen molar-refractivity contribution in [3.63, 3.8) is 0 Å². The van der Waals surface area contributed by atoms with Gasteiger partial charge in [-0.3, -0.25) is 5.21 Å². The second kappa shape index (κ2) is 13.7. The van der Waals surface area contributed by atoms with Crippen LogP contribution in [0, 0.1) is 5.82 Å². The molecule has 0 saturated carbocycles. The van der Waals surface area contributed by atoms with Gasteiger partial charge in [-0.2, -0.15) is 11.8 Å². The maximum absolute atomic E-state index is 14.3. The van der Waals surface area contributed by atoms with Crippen LogP contribution in [0.25, 0.3) is 11.1 Å². The Morgan fingerprint density at radius 2 is 1.79 bits per heavy atom. The van der Waals surface area contributed by atoms with Gasteiger partial charge in [-0.1, -0.05) is 30.3 Å². The van der Waals surface area contributed by atoms with Crippen molar-refractivity contribution >= 4 is 23.1 Å². The Balaban J connectivity index is 0.00000289. The minimum Gasteiger partial charge on any atom is -0.493 e. The fourth-order valence-corrected chi connectivity index (χ4v) is 4.25. The average Bonchev–Trinajstić information content (AvgIpc) is 2.82. The third kappa shape index (κ3) is 6.32. The fraction of sp³-hybridized carbons (Fsp3) is 0.280. The lowest BCUT2D eigenvalue weighted by atomic mass is 10.0. The molecule has 34 heavy (non-hydrogen) atoms. The molecule has 0 aromatic heterocycles. The van der Waals surface area contributed by atoms with Crippen molar-refractivity contribution in [2.45, 2.75) is 13.0 Å². The number of nitrogens with one attached hydrogen (secondary N) is 1. The second-order valence-corrected chi connectivity index (χ2v) is 8.03. The molecule has 3 aromatic carbocycles. The monoisotopic (exact) mass is 492 g/mol. The molecule has 6 N–H and O–H groups in total. The van der Waals surface area contributed by atoms with Crippen molar-refractivity contribution < 1.29 is 30.0 Å². The smallest absolute Gasteiger partial charge is 0.161 e. The first-order valence-corrected chi connectivity index (χ1v) is 11.8. The molecule has 1 unspecified atom stereocenters. The van der Waals surface area contributed by atoms with Gasteiger partial charge in [-0.25, -0.2) is 9.45 Å². The first-order chi connectivity index (χ1) is 15.5. The summed E-state index contributed by atoms with van der Waals surface area (Å²) in [5.41, 5.74) is 3.43. The van der Waals surface area contributed by atoms with E-state index in [9.17, 15) is 9.60 Å². The molecule has 0 aliphatic heterocycles. The van der Waals surface area contributed by atoms with Gasteiger partial charge in [-0.05, 0) is 54.6 Å². The highest BCUT2D eigenvalue weighted by molar-refractivity contribution is 7.98. The van der Waals surface area contributed by atoms with Gasteiger partial charge in [0.1, 0.15) is 5.82 Å². The zero-order chi connectivity index (χ0) is 23.1. The summed E-state index contributed by atoms with van der Waals surface area (Å²) in [5.74, 6) is 1.64. The quantitative estimate of drug-likeness (QED) is 0.400. The van der Waals surface area contributed by atoms with Crippen molar-refractivity contribution in [1.82, 2.24) is 0 Å². The molecule has 0 amide bonds. The van der Waals surface area contributed by atoms with Crippen LogP contribution >= 0.6 is 11.8 Å². The number of hydroxylamine groups is 1. The topological polar surface area (TPSA) is 117 Å². The predicted molar refractivity (Wildman–Crippen MR) is 138 cm³/mol. The molecule has 9 heteroatoms. The Kier molecular flexibility index (Phi) is 11.7. The number of nitrogens with zero attached hydrogens (tertiary/aromatic N) is 1. The molecule has 1 atom stereocenters. The molecule has 0 heterocycles. The number of hydrogen-bond donors (Lipinski definition) is 2. The van der Waals surface area contributed by atoms with Gasteiger partial charge < -0.3 is 25.7 Å². The molecule has 0 bridgehead atoms. The number of benzene rings is 3. The highest BCUT2D eigenvalue weighted by Gasteiger charge is 2.23. The molecule has 0 saturated heterocycles. The minimum absolute atomic E-state index is 0. The summed E-state index contributed by atoms with van der Waals surface area (Å²) in [6.07, 6.45) is 1.99. The van der Waals surface area contributed by atoms with E-state index in [0.717, 1.165) is 11.1 Å². The second-order valence-electron chi connectivity index (χ2n) is 7.12. The van der Waals surface area contributed by atoms with E-state index in [0.29, 0.717) is 40.8 Å². The SMILES string of the molecule is CCOc1cc(C(CSC)N(O)c2ccc(-c3ccccc3F)cc2NC)ccc1OC.O.O. The van der Waals surface area contributed by atoms with Gasteiger partial charge in [-0.15, -0.1) is 0 Å². The Labute approximate surface area is 204 Å². The van der Waals surface area contributed by atoms with E-state index in [1.165, 1.54) is 11.1 Å². The van der Waals surface area contributed by atoms with Crippen molar-refractivity contribution in [1.29, 1.82) is 0 Å². The summed E-state index contributed by atoms with van der Waals surface area (Å²) in [4.78, 5) is 0. The maximum Gasteiger partial charge on any atom is 0.161 e. The first-order valence-electron chi connectivity index (χ1n) is 10.4. The summed E-state index contributed by atoms with van der Waals surface area (Å²) in [5, 5.41) is 15.7. The third-order valence-electron chi connectivity index (χ3n) is 5.19. The van der Waals surface area contributed by atoms with Crippen LogP contribution in [0.2, 0.25) is 0 Å². The van der Waals surface area contributed by atoms with E-state index in [1.54, 1.807) is 50.2 Å². The maximum atomic E-state index is 14.3. The van der Waals surface area contributed by atoms with Crippen molar-refractivity contribution in [3.8, 4) is 22.6 Å². The number of rotatable bonds is 10. The number of anilines is 2. The molecule has 186 valence electrons. The molecule has 0 radical (unpaired) electrons. The van der Waals surface area contributed by atoms with Crippen LogP contribution in [0.5, 0.6) is 11.5 Å². The standard InChI is InChI=1S/C25H29FN2O3S.2H2O/c1-5-31-25-15-18(11-13-24(25)30-3)23(16-32-4)28(29)22-12-10-17(14-21(22)27-2)19-8-6-7-9-20(19)26;;/h6-15,23,27,29H,5,16H2,1-4H3;2*1H2. The lowest BCUT2D eigenvalue weighted by Gasteiger charge is -2.30. The van der Waals surface area contributed by atoms with Crippen LogP contribution in [-0.2, 0) is 0 Å². The number of methoxy groups -OCH3 is 1. The fourth-order valence-electron chi connectivity index (χ4n) is 3.60. The molecule has 0 aliphatic rings. The Morgan fingerprint density at radius 3 is 2.41 bits per heavy atom. The predicted octanol–water partition coefficient (Wildman–Crippen LogP) is 4.59. The summed E-state index contributed by atoms with van der Waals surface area (Å²) in [6.45, 7) is 2.43. The summed E-state index contributed by atoms with van der Waals surface area (Å²) in [7, 11) is 3.38. The van der Waals surface area contributed by atoms with Gasteiger partial charge in [0.05, 0.1) is 31.1 Å². The number of hydrogen-bond acceptors (Lipinski definition) is 6. The highest BCUT2D eigenvalue weighted by Crippen LogP contribution is 2.38. The summed E-state index contributed by atoms with van der Waals surface area (Å²) < 4.78 is 25.4. The van der Waals surface area contributed by atoms with E-state index in [4.69, 9.17) is 9.47 Å². The van der Waals surface area contributed by atoms with E-state index in [2.05, 4.69) is 5.32 Å². The largest absolute Gasteiger partial charge is 0.493 e. The van der Waals surface area contributed by atoms with Crippen molar-refractivity contribution in [2.24, 2.45) is 0 Å². The zero-order valence-corrected chi connectivity index (χ0v) is 20.6. The van der Waals surface area contributed by atoms with Gasteiger partial charge >= 0.3 is 0 Å². The Morgan fingerprint density at radius 1 is 1.06 bits per heavy atom. The molecule has 0 fully saturated rings. The number of ether oxygens (including phenoxy) is 2.